The fraction of sp³-hybridized carbons (Fsp3) is 0.278. The third-order valence-electron chi connectivity index (χ3n) is 4.27. The number of carbonyl (C=O) groups is 1. The number of nitrogens with zero attached hydrogens (tertiary/aromatic N) is 1. The summed E-state index contributed by atoms with van der Waals surface area (Å²) in [7, 11) is 0.545. The van der Waals surface area contributed by atoms with Crippen LogP contribution in [-0.4, -0.2) is 40.8 Å². The number of sulfonamides is 1. The van der Waals surface area contributed by atoms with E-state index < -0.39 is 10.0 Å². The van der Waals surface area contributed by atoms with E-state index in [1.165, 1.54) is 45.2 Å². The molecule has 2 aromatic carbocycles. The number of hydrogen-bond donors (Lipinski definition) is 1. The second-order valence-corrected chi connectivity index (χ2v) is 9.27. The van der Waals surface area contributed by atoms with Crippen molar-refractivity contribution in [2.75, 3.05) is 30.9 Å². The van der Waals surface area contributed by atoms with Gasteiger partial charge >= 0.3 is 0 Å². The molecule has 0 aromatic heterocycles. The Morgan fingerprint density at radius 3 is 2.52 bits per heavy atom. The second kappa shape index (κ2) is 7.32. The smallest absolute Gasteiger partial charge is 0.264 e. The molecule has 0 radical (unpaired) electrons. The van der Waals surface area contributed by atoms with Crippen LogP contribution < -0.4 is 19.1 Å². The lowest BCUT2D eigenvalue weighted by Gasteiger charge is -2.25. The summed E-state index contributed by atoms with van der Waals surface area (Å²) in [6.07, 6.45) is 0. The van der Waals surface area contributed by atoms with Gasteiger partial charge in [-0.15, -0.1) is 11.8 Å². The zero-order valence-corrected chi connectivity index (χ0v) is 17.0. The molecule has 9 heteroatoms. The van der Waals surface area contributed by atoms with Crippen LogP contribution >= 0.6 is 11.8 Å². The first kappa shape index (κ1) is 19.4. The van der Waals surface area contributed by atoms with E-state index in [0.717, 1.165) is 9.20 Å². The number of fused-ring (bicyclic) bond motifs is 1. The molecule has 0 aliphatic carbocycles. The van der Waals surface area contributed by atoms with Crippen LogP contribution in [0.3, 0.4) is 0 Å². The summed E-state index contributed by atoms with van der Waals surface area (Å²) < 4.78 is 37.9. The van der Waals surface area contributed by atoms with Gasteiger partial charge in [-0.3, -0.25) is 9.10 Å². The topological polar surface area (TPSA) is 84.9 Å². The third kappa shape index (κ3) is 3.57. The van der Waals surface area contributed by atoms with Gasteiger partial charge < -0.3 is 14.8 Å². The van der Waals surface area contributed by atoms with E-state index in [1.807, 2.05) is 0 Å². The Balaban J connectivity index is 2.02. The Kier molecular flexibility index (Phi) is 5.25. The highest BCUT2D eigenvalue weighted by atomic mass is 32.2. The molecule has 1 N–H and O–H groups in total. The molecule has 1 aliphatic heterocycles. The van der Waals surface area contributed by atoms with Crippen molar-refractivity contribution in [3.8, 4) is 11.5 Å². The number of amides is 1. The molecule has 1 atom stereocenters. The molecule has 0 spiro atoms. The quantitative estimate of drug-likeness (QED) is 0.819. The predicted octanol–water partition coefficient (Wildman–Crippen LogP) is 2.96. The van der Waals surface area contributed by atoms with Crippen LogP contribution in [0.5, 0.6) is 11.5 Å². The predicted molar refractivity (Wildman–Crippen MR) is 106 cm³/mol. The van der Waals surface area contributed by atoms with E-state index in [-0.39, 0.29) is 16.1 Å². The first-order valence-electron chi connectivity index (χ1n) is 8.10. The second-order valence-electron chi connectivity index (χ2n) is 5.92. The fourth-order valence-electron chi connectivity index (χ4n) is 2.68. The minimum Gasteiger partial charge on any atom is -0.497 e. The summed E-state index contributed by atoms with van der Waals surface area (Å²) in [6.45, 7) is 1.80. The molecule has 0 saturated heterocycles. The summed E-state index contributed by atoms with van der Waals surface area (Å²) in [6, 6.07) is 9.65. The number of ether oxygens (including phenoxy) is 2. The molecule has 0 fully saturated rings. The lowest BCUT2D eigenvalue weighted by atomic mass is 10.3. The first-order chi connectivity index (χ1) is 12.8. The Labute approximate surface area is 162 Å². The van der Waals surface area contributed by atoms with Crippen LogP contribution in [0.4, 0.5) is 11.4 Å². The van der Waals surface area contributed by atoms with Crippen molar-refractivity contribution in [2.24, 2.45) is 0 Å². The minimum atomic E-state index is -3.88. The molecular formula is C18H20N2O5S2. The molecule has 1 heterocycles. The fourth-order valence-corrected chi connectivity index (χ4v) is 4.83. The van der Waals surface area contributed by atoms with Crippen molar-refractivity contribution < 1.29 is 22.7 Å². The van der Waals surface area contributed by atoms with Crippen molar-refractivity contribution in [2.45, 2.75) is 22.0 Å². The maximum Gasteiger partial charge on any atom is 0.264 e. The van der Waals surface area contributed by atoms with Crippen molar-refractivity contribution in [3.63, 3.8) is 0 Å². The molecular weight excluding hydrogens is 388 g/mol. The Morgan fingerprint density at radius 1 is 1.11 bits per heavy atom. The number of hydrogen-bond acceptors (Lipinski definition) is 6. The average Bonchev–Trinajstić information content (AvgIpc) is 2.67. The van der Waals surface area contributed by atoms with Gasteiger partial charge in [0.05, 0.1) is 35.7 Å². The molecule has 1 aliphatic rings. The molecule has 0 unspecified atom stereocenters. The van der Waals surface area contributed by atoms with Gasteiger partial charge in [-0.05, 0) is 37.3 Å². The number of anilines is 2. The molecule has 2 aromatic rings. The number of nitrogens with one attached hydrogen (secondary N) is 1. The highest BCUT2D eigenvalue weighted by molar-refractivity contribution is 8.01. The number of methoxy groups -OCH3 is 2. The molecule has 0 bridgehead atoms. The van der Waals surface area contributed by atoms with Gasteiger partial charge in [0.2, 0.25) is 5.91 Å². The summed E-state index contributed by atoms with van der Waals surface area (Å²) >= 11 is 1.40. The van der Waals surface area contributed by atoms with Crippen molar-refractivity contribution in [1.82, 2.24) is 0 Å². The SMILES string of the molecule is COc1ccc(OC)c(N(C)S(=O)(=O)c2ccc3c(c2)NC(=O)[C@H](C)S3)c1. The minimum absolute atomic E-state index is 0.0732. The van der Waals surface area contributed by atoms with E-state index in [2.05, 4.69) is 5.32 Å². The van der Waals surface area contributed by atoms with Crippen LogP contribution in [0.2, 0.25) is 0 Å². The highest BCUT2D eigenvalue weighted by Gasteiger charge is 2.28. The van der Waals surface area contributed by atoms with Crippen molar-refractivity contribution >= 4 is 39.1 Å². The van der Waals surface area contributed by atoms with Gasteiger partial charge in [-0.25, -0.2) is 8.42 Å². The third-order valence-corrected chi connectivity index (χ3v) is 7.21. The summed E-state index contributed by atoms with van der Waals surface area (Å²) in [5.74, 6) is 0.762. The van der Waals surface area contributed by atoms with Crippen molar-refractivity contribution in [3.05, 3.63) is 36.4 Å². The van der Waals surface area contributed by atoms with E-state index in [1.54, 1.807) is 31.2 Å². The van der Waals surface area contributed by atoms with Gasteiger partial charge in [0.25, 0.3) is 10.0 Å². The van der Waals surface area contributed by atoms with Gasteiger partial charge in [-0.2, -0.15) is 0 Å². The van der Waals surface area contributed by atoms with Crippen LogP contribution in [0, 0.1) is 0 Å². The van der Waals surface area contributed by atoms with Crippen LogP contribution in [0.1, 0.15) is 6.92 Å². The summed E-state index contributed by atoms with van der Waals surface area (Å²) in [5, 5.41) is 2.54. The zero-order valence-electron chi connectivity index (χ0n) is 15.3. The molecule has 27 heavy (non-hydrogen) atoms. The summed E-state index contributed by atoms with van der Waals surface area (Å²) in [5.41, 5.74) is 0.844. The van der Waals surface area contributed by atoms with E-state index in [9.17, 15) is 13.2 Å². The number of rotatable bonds is 5. The van der Waals surface area contributed by atoms with Crippen LogP contribution in [0.15, 0.2) is 46.2 Å². The van der Waals surface area contributed by atoms with E-state index in [4.69, 9.17) is 9.47 Å². The van der Waals surface area contributed by atoms with E-state index >= 15 is 0 Å². The Bertz CT molecular complexity index is 991. The zero-order chi connectivity index (χ0) is 19.8. The standard InChI is InChI=1S/C18H20N2O5S2/c1-11-18(21)19-14-10-13(6-8-17(14)26-11)27(22,23)20(2)15-9-12(24-3)5-7-16(15)25-4/h5-11H,1-4H3,(H,19,21)/t11-/m0/s1. The number of benzene rings is 2. The normalized spacial score (nSPS) is 16.3. The maximum absolute atomic E-state index is 13.1. The molecule has 1 amide bonds. The maximum atomic E-state index is 13.1. The average molecular weight is 409 g/mol. The van der Waals surface area contributed by atoms with Crippen LogP contribution in [-0.2, 0) is 14.8 Å². The monoisotopic (exact) mass is 408 g/mol. The van der Waals surface area contributed by atoms with Crippen molar-refractivity contribution in [1.29, 1.82) is 0 Å². The summed E-state index contributed by atoms with van der Waals surface area (Å²) in [4.78, 5) is 12.8. The molecule has 144 valence electrons. The van der Waals surface area contributed by atoms with Gasteiger partial charge in [0.15, 0.2) is 0 Å². The lowest BCUT2D eigenvalue weighted by molar-refractivity contribution is -0.115. The molecule has 7 nitrogen and oxygen atoms in total. The van der Waals surface area contributed by atoms with Gasteiger partial charge in [0, 0.05) is 18.0 Å². The lowest BCUT2D eigenvalue weighted by Crippen LogP contribution is -2.29. The van der Waals surface area contributed by atoms with Gasteiger partial charge in [0.1, 0.15) is 11.5 Å². The highest BCUT2D eigenvalue weighted by Crippen LogP contribution is 2.39. The Hall–Kier alpha value is -2.39. The largest absolute Gasteiger partial charge is 0.497 e. The number of carbonyl (C=O) groups excluding carboxylic acids is 1. The van der Waals surface area contributed by atoms with E-state index in [0.29, 0.717) is 22.9 Å². The Morgan fingerprint density at radius 2 is 1.85 bits per heavy atom. The first-order valence-corrected chi connectivity index (χ1v) is 10.4. The molecule has 0 saturated carbocycles. The van der Waals surface area contributed by atoms with Crippen LogP contribution in [0.25, 0.3) is 0 Å². The van der Waals surface area contributed by atoms with Gasteiger partial charge in [-0.1, -0.05) is 0 Å². The molecule has 3 rings (SSSR count). The number of thioether (sulfide) groups is 1.